The molecule has 2 aliphatic rings. The quantitative estimate of drug-likeness (QED) is 0.418. The van der Waals surface area contributed by atoms with Crippen LogP contribution in [0.2, 0.25) is 0 Å². The van der Waals surface area contributed by atoms with Gasteiger partial charge in [0.15, 0.2) is 0 Å². The number of methoxy groups -OCH3 is 1. The zero-order valence-corrected chi connectivity index (χ0v) is 17.9. The van der Waals surface area contributed by atoms with E-state index in [1.54, 1.807) is 0 Å². The molecule has 3 N–H and O–H groups in total. The van der Waals surface area contributed by atoms with Gasteiger partial charge >= 0.3 is 5.97 Å². The van der Waals surface area contributed by atoms with Crippen LogP contribution < -0.4 is 10.6 Å². The number of benzene rings is 1. The molecule has 0 unspecified atom stereocenters. The van der Waals surface area contributed by atoms with Gasteiger partial charge in [-0.1, -0.05) is 18.2 Å². The summed E-state index contributed by atoms with van der Waals surface area (Å²) in [4.78, 5) is 51.3. The van der Waals surface area contributed by atoms with Crippen molar-refractivity contribution >= 4 is 28.7 Å². The van der Waals surface area contributed by atoms with E-state index in [1.807, 2.05) is 50.4 Å². The monoisotopic (exact) mass is 433 g/mol. The maximum Gasteiger partial charge on any atom is 0.327 e. The van der Waals surface area contributed by atoms with Crippen molar-refractivity contribution in [2.75, 3.05) is 7.11 Å². The Kier molecular flexibility index (Phi) is 4.59. The highest BCUT2D eigenvalue weighted by Gasteiger charge is 2.67. The van der Waals surface area contributed by atoms with E-state index >= 15 is 0 Å². The Bertz CT molecular complexity index is 1250. The van der Waals surface area contributed by atoms with E-state index in [4.69, 9.17) is 4.74 Å². The molecule has 4 atom stereocenters. The minimum absolute atomic E-state index is 0.160. The number of fused-ring (bicyclic) bond motifs is 2. The molecule has 0 saturated carbocycles. The molecule has 2 saturated heterocycles. The Morgan fingerprint density at radius 2 is 1.84 bits per heavy atom. The summed E-state index contributed by atoms with van der Waals surface area (Å²) in [6.45, 7) is 3.67. The summed E-state index contributed by atoms with van der Waals surface area (Å²) >= 11 is 0. The van der Waals surface area contributed by atoms with Crippen LogP contribution in [0.1, 0.15) is 28.8 Å². The predicted molar refractivity (Wildman–Crippen MR) is 114 cm³/mol. The van der Waals surface area contributed by atoms with Gasteiger partial charge in [0.2, 0.25) is 11.8 Å². The molecule has 0 aliphatic carbocycles. The van der Waals surface area contributed by atoms with Crippen LogP contribution in [0.25, 0.3) is 10.9 Å². The summed E-state index contributed by atoms with van der Waals surface area (Å²) in [6, 6.07) is 8.83. The van der Waals surface area contributed by atoms with E-state index in [-0.39, 0.29) is 6.42 Å². The first-order valence-corrected chi connectivity index (χ1v) is 10.4. The maximum atomic E-state index is 13.3. The molecule has 3 aromatic rings. The maximum absolute atomic E-state index is 13.3. The summed E-state index contributed by atoms with van der Waals surface area (Å²) in [6.07, 6.45) is 1.98. The fourth-order valence-corrected chi connectivity index (χ4v) is 5.23. The number of para-hydroxylation sites is 1. The minimum Gasteiger partial charge on any atom is -0.468 e. The molecule has 5 rings (SSSR count). The molecule has 0 radical (unpaired) electrons. The minimum atomic E-state index is -1.45. The van der Waals surface area contributed by atoms with Gasteiger partial charge in [-0.3, -0.25) is 25.0 Å². The summed E-state index contributed by atoms with van der Waals surface area (Å²) < 4.78 is 5.18. The first-order chi connectivity index (χ1) is 15.3. The Morgan fingerprint density at radius 3 is 2.56 bits per heavy atom. The molecular weight excluding hydrogens is 410 g/mol. The zero-order chi connectivity index (χ0) is 22.6. The lowest BCUT2D eigenvalue weighted by Crippen LogP contribution is -2.57. The molecule has 0 bridgehead atoms. The normalized spacial score (nSPS) is 26.9. The summed E-state index contributed by atoms with van der Waals surface area (Å²) in [7, 11) is 1.28. The van der Waals surface area contributed by atoms with Crippen LogP contribution in [-0.4, -0.2) is 45.4 Å². The van der Waals surface area contributed by atoms with Crippen molar-refractivity contribution in [2.45, 2.75) is 31.8 Å². The molecule has 164 valence electrons. The molecule has 2 amide bonds. The first-order valence-electron chi connectivity index (χ1n) is 10.4. The number of carbonyl (C=O) groups excluding carboxylic acids is 3. The van der Waals surface area contributed by atoms with E-state index in [0.717, 1.165) is 27.9 Å². The van der Waals surface area contributed by atoms with E-state index in [2.05, 4.69) is 25.6 Å². The third-order valence-corrected chi connectivity index (χ3v) is 6.47. The van der Waals surface area contributed by atoms with Gasteiger partial charge in [-0.25, -0.2) is 9.97 Å². The van der Waals surface area contributed by atoms with Gasteiger partial charge < -0.3 is 9.72 Å². The van der Waals surface area contributed by atoms with Crippen molar-refractivity contribution < 1.29 is 19.1 Å². The lowest BCUT2D eigenvalue weighted by atomic mass is 9.76. The number of aryl methyl sites for hydroxylation is 2. The molecule has 9 heteroatoms. The molecule has 32 heavy (non-hydrogen) atoms. The number of ether oxygens (including phenoxy) is 1. The van der Waals surface area contributed by atoms with Crippen LogP contribution in [0, 0.1) is 25.7 Å². The van der Waals surface area contributed by atoms with Crippen LogP contribution in [-0.2, 0) is 25.5 Å². The number of carbonyl (C=O) groups is 3. The predicted octanol–water partition coefficient (Wildman–Crippen LogP) is 1.26. The van der Waals surface area contributed by atoms with Crippen LogP contribution in [0.5, 0.6) is 0 Å². The first kappa shape index (κ1) is 20.3. The molecule has 2 aliphatic heterocycles. The van der Waals surface area contributed by atoms with Crippen LogP contribution in [0.3, 0.4) is 0 Å². The van der Waals surface area contributed by atoms with Crippen molar-refractivity contribution in [3.63, 3.8) is 0 Å². The topological polar surface area (TPSA) is 126 Å². The number of aromatic nitrogens is 3. The van der Waals surface area contributed by atoms with E-state index < -0.39 is 41.2 Å². The molecule has 2 fully saturated rings. The van der Waals surface area contributed by atoms with Crippen LogP contribution >= 0.6 is 0 Å². The van der Waals surface area contributed by atoms with Gasteiger partial charge in [0.1, 0.15) is 11.4 Å². The Balaban J connectivity index is 1.66. The SMILES string of the molecule is COC(=O)[C@@]1(Cc2c[nH]c3ccccc23)N[C@@H](c2nc(C)cc(C)n2)[C@H]2C(=O)NC(=O)[C@H]21. The Hall–Kier alpha value is -3.59. The third kappa shape index (κ3) is 2.92. The molecule has 2 aromatic heterocycles. The number of hydrogen-bond acceptors (Lipinski definition) is 7. The highest BCUT2D eigenvalue weighted by Crippen LogP contribution is 2.47. The summed E-state index contributed by atoms with van der Waals surface area (Å²) in [5.41, 5.74) is 1.78. The van der Waals surface area contributed by atoms with Gasteiger partial charge in [0, 0.05) is 34.9 Å². The molecule has 4 heterocycles. The second-order valence-corrected chi connectivity index (χ2v) is 8.49. The standard InChI is InChI=1S/C23H23N5O4/c1-11-8-12(2)26-19(25-11)18-16-17(21(30)27-20(16)29)23(28-18,22(31)32-3)9-13-10-24-15-7-5-4-6-14(13)15/h4-8,10,16-18,24,28H,9H2,1-3H3,(H,27,29,30)/t16-,17-,18+,23-/m0/s1. The van der Waals surface area contributed by atoms with Crippen LogP contribution in [0.15, 0.2) is 36.5 Å². The number of H-pyrrole nitrogens is 1. The van der Waals surface area contributed by atoms with Gasteiger partial charge in [0.25, 0.3) is 0 Å². The Morgan fingerprint density at radius 1 is 1.12 bits per heavy atom. The van der Waals surface area contributed by atoms with Crippen molar-refractivity contribution in [3.8, 4) is 0 Å². The van der Waals surface area contributed by atoms with E-state index in [0.29, 0.717) is 5.82 Å². The second kappa shape index (κ2) is 7.23. The van der Waals surface area contributed by atoms with Gasteiger partial charge in [0.05, 0.1) is 25.0 Å². The Labute approximate surface area is 184 Å². The zero-order valence-electron chi connectivity index (χ0n) is 17.9. The van der Waals surface area contributed by atoms with Crippen molar-refractivity contribution in [2.24, 2.45) is 11.8 Å². The number of aromatic amines is 1. The van der Waals surface area contributed by atoms with Crippen LogP contribution in [0.4, 0.5) is 0 Å². The molecule has 1 aromatic carbocycles. The molecule has 0 spiro atoms. The number of nitrogens with zero attached hydrogens (tertiary/aromatic N) is 2. The number of nitrogens with one attached hydrogen (secondary N) is 3. The lowest BCUT2D eigenvalue weighted by molar-refractivity contribution is -0.152. The molecular formula is C23H23N5O4. The average Bonchev–Trinajstić information content (AvgIpc) is 3.41. The van der Waals surface area contributed by atoms with Gasteiger partial charge in [-0.15, -0.1) is 0 Å². The third-order valence-electron chi connectivity index (χ3n) is 6.47. The van der Waals surface area contributed by atoms with Gasteiger partial charge in [-0.05, 0) is 31.5 Å². The van der Waals surface area contributed by atoms with Crippen molar-refractivity contribution in [1.29, 1.82) is 0 Å². The number of esters is 1. The van der Waals surface area contributed by atoms with E-state index in [9.17, 15) is 14.4 Å². The fourth-order valence-electron chi connectivity index (χ4n) is 5.23. The average molecular weight is 433 g/mol. The highest BCUT2D eigenvalue weighted by atomic mass is 16.5. The summed E-state index contributed by atoms with van der Waals surface area (Å²) in [5, 5.41) is 6.64. The fraction of sp³-hybridized carbons (Fsp3) is 0.348. The highest BCUT2D eigenvalue weighted by molar-refractivity contribution is 6.09. The van der Waals surface area contributed by atoms with Crippen molar-refractivity contribution in [1.82, 2.24) is 25.6 Å². The van der Waals surface area contributed by atoms with E-state index in [1.165, 1.54) is 7.11 Å². The molecule has 9 nitrogen and oxygen atoms in total. The second-order valence-electron chi connectivity index (χ2n) is 8.49. The number of imide groups is 1. The van der Waals surface area contributed by atoms with Crippen molar-refractivity contribution in [3.05, 3.63) is 59.3 Å². The summed E-state index contributed by atoms with van der Waals surface area (Å²) in [5.74, 6) is -2.94. The lowest BCUT2D eigenvalue weighted by Gasteiger charge is -2.31. The van der Waals surface area contributed by atoms with Gasteiger partial charge in [-0.2, -0.15) is 0 Å². The number of amides is 2. The number of rotatable bonds is 4. The smallest absolute Gasteiger partial charge is 0.327 e. The number of hydrogen-bond donors (Lipinski definition) is 3. The largest absolute Gasteiger partial charge is 0.468 e.